The molecule has 0 bridgehead atoms. The van der Waals surface area contributed by atoms with E-state index in [-0.39, 0.29) is 5.54 Å². The molecule has 3 aliphatic rings. The highest BCUT2D eigenvalue weighted by molar-refractivity contribution is 5.88. The van der Waals surface area contributed by atoms with Crippen LogP contribution in [0.2, 0.25) is 0 Å². The van der Waals surface area contributed by atoms with Crippen LogP contribution < -0.4 is 4.74 Å². The summed E-state index contributed by atoms with van der Waals surface area (Å²) >= 11 is 0. The first-order valence-electron chi connectivity index (χ1n) is 9.75. The van der Waals surface area contributed by atoms with Gasteiger partial charge in [0.15, 0.2) is 0 Å². The SMILES string of the molecule is COc1c(C)cc(C)cc1CN1CCCC12CCCN(C1CC1)C2=O. The topological polar surface area (TPSA) is 32.8 Å². The third kappa shape index (κ3) is 2.84. The molecule has 0 N–H and O–H groups in total. The van der Waals surface area contributed by atoms with E-state index in [9.17, 15) is 4.79 Å². The number of likely N-dealkylation sites (tertiary alicyclic amines) is 2. The summed E-state index contributed by atoms with van der Waals surface area (Å²) in [6, 6.07) is 4.93. The Morgan fingerprint density at radius 2 is 1.88 bits per heavy atom. The van der Waals surface area contributed by atoms with Gasteiger partial charge in [-0.15, -0.1) is 0 Å². The van der Waals surface area contributed by atoms with E-state index in [4.69, 9.17) is 4.74 Å². The molecule has 3 fully saturated rings. The molecule has 1 unspecified atom stereocenters. The lowest BCUT2D eigenvalue weighted by Crippen LogP contribution is -2.60. The first kappa shape index (κ1) is 16.9. The van der Waals surface area contributed by atoms with Gasteiger partial charge in [0.05, 0.1) is 7.11 Å². The Morgan fingerprint density at radius 3 is 2.56 bits per heavy atom. The lowest BCUT2D eigenvalue weighted by molar-refractivity contribution is -0.148. The van der Waals surface area contributed by atoms with Gasteiger partial charge in [0, 0.05) is 24.7 Å². The molecule has 4 rings (SSSR count). The summed E-state index contributed by atoms with van der Waals surface area (Å²) in [4.78, 5) is 18.0. The van der Waals surface area contributed by atoms with Gasteiger partial charge in [-0.2, -0.15) is 0 Å². The largest absolute Gasteiger partial charge is 0.496 e. The fourth-order valence-corrected chi connectivity index (χ4v) is 5.10. The Hall–Kier alpha value is -1.55. The second-order valence-corrected chi connectivity index (χ2v) is 8.16. The van der Waals surface area contributed by atoms with E-state index in [0.717, 1.165) is 51.1 Å². The van der Waals surface area contributed by atoms with Gasteiger partial charge in [0.2, 0.25) is 5.91 Å². The van der Waals surface area contributed by atoms with Crippen molar-refractivity contribution < 1.29 is 9.53 Å². The fraction of sp³-hybridized carbons (Fsp3) is 0.667. The lowest BCUT2D eigenvalue weighted by Gasteiger charge is -2.45. The van der Waals surface area contributed by atoms with Crippen molar-refractivity contribution in [2.45, 2.75) is 70.5 Å². The van der Waals surface area contributed by atoms with Gasteiger partial charge in [-0.05, 0) is 64.5 Å². The molecular formula is C21H30N2O2. The van der Waals surface area contributed by atoms with Crippen LogP contribution in [0.1, 0.15) is 55.2 Å². The standard InChI is InChI=1S/C21H30N2O2/c1-15-12-16(2)19(25-3)17(13-15)14-22-10-4-8-21(22)9-5-11-23(20(21)24)18-6-7-18/h12-13,18H,4-11,14H2,1-3H3. The predicted molar refractivity (Wildman–Crippen MR) is 98.8 cm³/mol. The Balaban J connectivity index is 1.63. The molecule has 1 aromatic rings. The zero-order valence-electron chi connectivity index (χ0n) is 15.8. The number of aryl methyl sites for hydroxylation is 2. The van der Waals surface area contributed by atoms with E-state index in [1.165, 1.54) is 29.5 Å². The number of ether oxygens (including phenoxy) is 1. The van der Waals surface area contributed by atoms with E-state index < -0.39 is 0 Å². The highest BCUT2D eigenvalue weighted by atomic mass is 16.5. The molecule has 1 aliphatic carbocycles. The van der Waals surface area contributed by atoms with Gasteiger partial charge in [-0.25, -0.2) is 0 Å². The molecule has 136 valence electrons. The van der Waals surface area contributed by atoms with Crippen molar-refractivity contribution >= 4 is 5.91 Å². The minimum atomic E-state index is -0.260. The van der Waals surface area contributed by atoms with Crippen LogP contribution in [0.3, 0.4) is 0 Å². The molecule has 1 spiro atoms. The minimum Gasteiger partial charge on any atom is -0.496 e. The normalized spacial score (nSPS) is 27.3. The summed E-state index contributed by atoms with van der Waals surface area (Å²) in [5.41, 5.74) is 3.40. The first-order valence-corrected chi connectivity index (χ1v) is 9.75. The fourth-order valence-electron chi connectivity index (χ4n) is 5.10. The number of carbonyl (C=O) groups is 1. The predicted octanol–water partition coefficient (Wildman–Crippen LogP) is 3.43. The molecule has 0 radical (unpaired) electrons. The van der Waals surface area contributed by atoms with Crippen LogP contribution in [-0.2, 0) is 11.3 Å². The molecule has 1 amide bonds. The second kappa shape index (κ2) is 6.31. The lowest BCUT2D eigenvalue weighted by atomic mass is 9.85. The molecule has 1 saturated carbocycles. The molecule has 2 saturated heterocycles. The molecular weight excluding hydrogens is 312 g/mol. The van der Waals surface area contributed by atoms with E-state index in [1.54, 1.807) is 7.11 Å². The smallest absolute Gasteiger partial charge is 0.243 e. The number of nitrogens with zero attached hydrogens (tertiary/aromatic N) is 2. The maximum absolute atomic E-state index is 13.4. The number of rotatable bonds is 4. The number of carbonyl (C=O) groups excluding carboxylic acids is 1. The number of hydrogen-bond donors (Lipinski definition) is 0. The maximum Gasteiger partial charge on any atom is 0.243 e. The van der Waals surface area contributed by atoms with Crippen molar-refractivity contribution in [2.24, 2.45) is 0 Å². The van der Waals surface area contributed by atoms with Crippen LogP contribution >= 0.6 is 0 Å². The Kier molecular flexibility index (Phi) is 4.27. The molecule has 1 aromatic carbocycles. The quantitative estimate of drug-likeness (QED) is 0.840. The summed E-state index contributed by atoms with van der Waals surface area (Å²) < 4.78 is 5.69. The van der Waals surface area contributed by atoms with E-state index in [0.29, 0.717) is 11.9 Å². The summed E-state index contributed by atoms with van der Waals surface area (Å²) in [6.07, 6.45) is 6.70. The van der Waals surface area contributed by atoms with Crippen LogP contribution in [0, 0.1) is 13.8 Å². The molecule has 2 aliphatic heterocycles. The number of hydrogen-bond acceptors (Lipinski definition) is 3. The van der Waals surface area contributed by atoms with Gasteiger partial charge < -0.3 is 9.64 Å². The van der Waals surface area contributed by atoms with Gasteiger partial charge in [0.25, 0.3) is 0 Å². The average Bonchev–Trinajstić information content (AvgIpc) is 3.33. The van der Waals surface area contributed by atoms with Crippen molar-refractivity contribution in [3.05, 3.63) is 28.8 Å². The van der Waals surface area contributed by atoms with Gasteiger partial charge in [0.1, 0.15) is 11.3 Å². The number of methoxy groups -OCH3 is 1. The van der Waals surface area contributed by atoms with E-state index in [1.807, 2.05) is 0 Å². The van der Waals surface area contributed by atoms with Crippen molar-refractivity contribution in [1.82, 2.24) is 9.80 Å². The summed E-state index contributed by atoms with van der Waals surface area (Å²) in [7, 11) is 1.75. The van der Waals surface area contributed by atoms with Crippen LogP contribution in [0.25, 0.3) is 0 Å². The summed E-state index contributed by atoms with van der Waals surface area (Å²) in [5.74, 6) is 1.39. The number of amides is 1. The summed E-state index contributed by atoms with van der Waals surface area (Å²) in [6.45, 7) is 7.04. The van der Waals surface area contributed by atoms with E-state index >= 15 is 0 Å². The monoisotopic (exact) mass is 342 g/mol. The zero-order valence-corrected chi connectivity index (χ0v) is 15.8. The highest BCUT2D eigenvalue weighted by Crippen LogP contribution is 2.43. The van der Waals surface area contributed by atoms with Crippen molar-refractivity contribution in [2.75, 3.05) is 20.2 Å². The Morgan fingerprint density at radius 1 is 1.16 bits per heavy atom. The molecule has 1 atom stereocenters. The second-order valence-electron chi connectivity index (χ2n) is 8.16. The molecule has 0 aromatic heterocycles. The zero-order chi connectivity index (χ0) is 17.6. The third-order valence-electron chi connectivity index (χ3n) is 6.32. The molecule has 4 nitrogen and oxygen atoms in total. The van der Waals surface area contributed by atoms with Crippen molar-refractivity contribution in [3.8, 4) is 5.75 Å². The first-order chi connectivity index (χ1) is 12.0. The van der Waals surface area contributed by atoms with Crippen LogP contribution in [0.4, 0.5) is 0 Å². The highest BCUT2D eigenvalue weighted by Gasteiger charge is 2.53. The van der Waals surface area contributed by atoms with Crippen LogP contribution in [-0.4, -0.2) is 47.5 Å². The number of piperidine rings is 1. The van der Waals surface area contributed by atoms with Crippen LogP contribution in [0.5, 0.6) is 5.75 Å². The Labute approximate surface area is 151 Å². The van der Waals surface area contributed by atoms with E-state index in [2.05, 4.69) is 35.8 Å². The molecule has 2 heterocycles. The maximum atomic E-state index is 13.4. The molecule has 4 heteroatoms. The van der Waals surface area contributed by atoms with Crippen molar-refractivity contribution in [1.29, 1.82) is 0 Å². The minimum absolute atomic E-state index is 0.260. The van der Waals surface area contributed by atoms with Crippen molar-refractivity contribution in [3.63, 3.8) is 0 Å². The Bertz CT molecular complexity index is 683. The van der Waals surface area contributed by atoms with Gasteiger partial charge >= 0.3 is 0 Å². The molecule has 25 heavy (non-hydrogen) atoms. The van der Waals surface area contributed by atoms with Crippen LogP contribution in [0.15, 0.2) is 12.1 Å². The average molecular weight is 342 g/mol. The summed E-state index contributed by atoms with van der Waals surface area (Å²) in [5, 5.41) is 0. The third-order valence-corrected chi connectivity index (χ3v) is 6.32. The van der Waals surface area contributed by atoms with Gasteiger partial charge in [-0.1, -0.05) is 17.7 Å². The number of benzene rings is 1. The van der Waals surface area contributed by atoms with Gasteiger partial charge in [-0.3, -0.25) is 9.69 Å².